The molecule has 1 fully saturated rings. The van der Waals surface area contributed by atoms with Crippen molar-refractivity contribution in [1.82, 2.24) is 0 Å². The average molecular weight is 480 g/mol. The Bertz CT molecular complexity index is 912. The van der Waals surface area contributed by atoms with Crippen LogP contribution in [0.4, 0.5) is 10.1 Å². The molecule has 0 amide bonds. The molecule has 1 saturated heterocycles. The Kier molecular flexibility index (Phi) is 6.29. The van der Waals surface area contributed by atoms with E-state index >= 15 is 0 Å². The molecule has 4 rings (SSSR count). The number of benzene rings is 2. The zero-order valence-corrected chi connectivity index (χ0v) is 17.8. The van der Waals surface area contributed by atoms with Gasteiger partial charge in [-0.3, -0.25) is 0 Å². The zero-order chi connectivity index (χ0) is 17.2. The average Bonchev–Trinajstić information content (AvgIpc) is 2.96. The first-order valence-corrected chi connectivity index (χ1v) is 9.63. The summed E-state index contributed by atoms with van der Waals surface area (Å²) in [5, 5.41) is 1.11. The number of aryl methyl sites for hydroxylation is 1. The molecule has 0 unspecified atom stereocenters. The number of anilines is 1. The molecule has 2 heterocycles. The molecular weight excluding hydrogens is 458 g/mol. The number of rotatable bonds is 3. The van der Waals surface area contributed by atoms with E-state index in [1.807, 2.05) is 13.1 Å². The summed E-state index contributed by atoms with van der Waals surface area (Å²) < 4.78 is 16.5. The lowest BCUT2D eigenvalue weighted by Crippen LogP contribution is -3.00. The molecule has 1 aromatic heterocycles. The van der Waals surface area contributed by atoms with E-state index in [2.05, 4.69) is 45.9 Å². The van der Waals surface area contributed by atoms with Crippen LogP contribution in [0.1, 0.15) is 29.8 Å². The maximum atomic E-state index is 13.4. The van der Waals surface area contributed by atoms with Gasteiger partial charge in [-0.15, -0.1) is 0 Å². The van der Waals surface area contributed by atoms with E-state index in [0.717, 1.165) is 15.2 Å². The summed E-state index contributed by atoms with van der Waals surface area (Å²) in [6.45, 7) is 2.34. The normalized spacial score (nSPS) is 14.8. The van der Waals surface area contributed by atoms with Gasteiger partial charge in [0.05, 0.1) is 0 Å². The highest BCUT2D eigenvalue weighted by atomic mass is 127. The van der Waals surface area contributed by atoms with Crippen molar-refractivity contribution in [3.05, 3.63) is 58.9 Å². The summed E-state index contributed by atoms with van der Waals surface area (Å²) in [5.41, 5.74) is 3.57. The maximum Gasteiger partial charge on any atom is 0.262 e. The molecule has 26 heavy (non-hydrogen) atoms. The van der Waals surface area contributed by atoms with Gasteiger partial charge >= 0.3 is 0 Å². The third-order valence-corrected chi connectivity index (χ3v) is 6.03. The summed E-state index contributed by atoms with van der Waals surface area (Å²) >= 11 is 1.61. The van der Waals surface area contributed by atoms with Crippen LogP contribution in [0.2, 0.25) is 0 Å². The molecule has 2 aromatic carbocycles. The van der Waals surface area contributed by atoms with Crippen molar-refractivity contribution in [3.8, 4) is 0 Å². The molecule has 136 valence electrons. The molecule has 0 atom stereocenters. The second kappa shape index (κ2) is 8.48. The number of thiazole rings is 1. The van der Waals surface area contributed by atoms with Gasteiger partial charge < -0.3 is 28.9 Å². The van der Waals surface area contributed by atoms with E-state index in [1.54, 1.807) is 17.4 Å². The SMILES string of the molecule is C[n+]1c(C=Cc2ccc(N3CCCCC3)cc2)sc2cc(F)ccc21.[I-]. The van der Waals surface area contributed by atoms with Crippen molar-refractivity contribution in [1.29, 1.82) is 0 Å². The summed E-state index contributed by atoms with van der Waals surface area (Å²) in [6, 6.07) is 13.7. The smallest absolute Gasteiger partial charge is 0.262 e. The van der Waals surface area contributed by atoms with Gasteiger partial charge in [0, 0.05) is 30.9 Å². The highest BCUT2D eigenvalue weighted by Crippen LogP contribution is 2.24. The number of nitrogens with zero attached hydrogens (tertiary/aromatic N) is 2. The van der Waals surface area contributed by atoms with Gasteiger partial charge in [-0.2, -0.15) is 4.57 Å². The minimum Gasteiger partial charge on any atom is -1.00 e. The molecule has 0 N–H and O–H groups in total. The first-order valence-electron chi connectivity index (χ1n) is 8.82. The highest BCUT2D eigenvalue weighted by Gasteiger charge is 2.15. The molecule has 5 heteroatoms. The van der Waals surface area contributed by atoms with E-state index in [1.165, 1.54) is 49.7 Å². The van der Waals surface area contributed by atoms with Crippen LogP contribution in [-0.2, 0) is 7.05 Å². The van der Waals surface area contributed by atoms with Gasteiger partial charge in [0.2, 0.25) is 5.52 Å². The molecule has 0 bridgehead atoms. The van der Waals surface area contributed by atoms with Crippen LogP contribution in [0.3, 0.4) is 0 Å². The van der Waals surface area contributed by atoms with Crippen molar-refractivity contribution in [2.24, 2.45) is 7.05 Å². The van der Waals surface area contributed by atoms with E-state index in [9.17, 15) is 4.39 Å². The Morgan fingerprint density at radius 1 is 1.00 bits per heavy atom. The molecule has 1 aliphatic heterocycles. The second-order valence-electron chi connectivity index (χ2n) is 6.58. The second-order valence-corrected chi connectivity index (χ2v) is 7.65. The molecule has 1 aliphatic rings. The Balaban J connectivity index is 0.00000196. The molecular formula is C21H22FIN2S. The van der Waals surface area contributed by atoms with Crippen LogP contribution in [-0.4, -0.2) is 13.1 Å². The first kappa shape index (κ1) is 19.3. The van der Waals surface area contributed by atoms with Gasteiger partial charge in [0.1, 0.15) is 17.6 Å². The third kappa shape index (κ3) is 4.09. The first-order chi connectivity index (χ1) is 12.2. The number of hydrogen-bond donors (Lipinski definition) is 0. The third-order valence-electron chi connectivity index (χ3n) is 4.86. The van der Waals surface area contributed by atoms with Crippen LogP contribution < -0.4 is 33.4 Å². The molecule has 2 nitrogen and oxygen atoms in total. The van der Waals surface area contributed by atoms with E-state index in [4.69, 9.17) is 0 Å². The Labute approximate surface area is 175 Å². The molecule has 0 saturated carbocycles. The summed E-state index contributed by atoms with van der Waals surface area (Å²) in [7, 11) is 2.02. The largest absolute Gasteiger partial charge is 1.00 e. The predicted octanol–water partition coefficient (Wildman–Crippen LogP) is 2.03. The van der Waals surface area contributed by atoms with Crippen molar-refractivity contribution < 1.29 is 32.9 Å². The fourth-order valence-corrected chi connectivity index (χ4v) is 4.49. The Morgan fingerprint density at radius 2 is 1.73 bits per heavy atom. The maximum absolute atomic E-state index is 13.4. The van der Waals surface area contributed by atoms with E-state index in [-0.39, 0.29) is 29.8 Å². The van der Waals surface area contributed by atoms with Gasteiger partial charge in [-0.25, -0.2) is 4.39 Å². The lowest BCUT2D eigenvalue weighted by Gasteiger charge is -2.28. The molecule has 0 aliphatic carbocycles. The lowest BCUT2D eigenvalue weighted by atomic mass is 10.1. The number of piperidine rings is 1. The van der Waals surface area contributed by atoms with E-state index in [0.29, 0.717) is 0 Å². The number of hydrogen-bond acceptors (Lipinski definition) is 2. The van der Waals surface area contributed by atoms with Crippen molar-refractivity contribution in [2.75, 3.05) is 18.0 Å². The summed E-state index contributed by atoms with van der Waals surface area (Å²) in [4.78, 5) is 2.47. The van der Waals surface area contributed by atoms with Gasteiger partial charge in [-0.05, 0) is 55.2 Å². The topological polar surface area (TPSA) is 7.12 Å². The molecule has 0 spiro atoms. The molecule has 0 radical (unpaired) electrons. The quantitative estimate of drug-likeness (QED) is 0.411. The van der Waals surface area contributed by atoms with Crippen molar-refractivity contribution in [3.63, 3.8) is 0 Å². The van der Waals surface area contributed by atoms with Crippen LogP contribution >= 0.6 is 11.3 Å². The van der Waals surface area contributed by atoms with Crippen molar-refractivity contribution >= 4 is 39.4 Å². The lowest BCUT2D eigenvalue weighted by molar-refractivity contribution is -0.642. The Morgan fingerprint density at radius 3 is 2.46 bits per heavy atom. The van der Waals surface area contributed by atoms with Crippen LogP contribution in [0, 0.1) is 5.82 Å². The van der Waals surface area contributed by atoms with Gasteiger partial charge in [-0.1, -0.05) is 23.5 Å². The van der Waals surface area contributed by atoms with E-state index < -0.39 is 0 Å². The van der Waals surface area contributed by atoms with Crippen LogP contribution in [0.5, 0.6) is 0 Å². The minimum atomic E-state index is -0.182. The zero-order valence-electron chi connectivity index (χ0n) is 14.8. The Hall–Kier alpha value is -1.47. The highest BCUT2D eigenvalue weighted by molar-refractivity contribution is 7.18. The number of fused-ring (bicyclic) bond motifs is 1. The predicted molar refractivity (Wildman–Crippen MR) is 104 cm³/mol. The number of halogens is 2. The summed E-state index contributed by atoms with van der Waals surface area (Å²) in [6.07, 6.45) is 8.18. The molecule has 3 aromatic rings. The summed E-state index contributed by atoms with van der Waals surface area (Å²) in [5.74, 6) is -0.182. The van der Waals surface area contributed by atoms with Gasteiger partial charge in [0.25, 0.3) is 5.01 Å². The van der Waals surface area contributed by atoms with Crippen molar-refractivity contribution in [2.45, 2.75) is 19.3 Å². The van der Waals surface area contributed by atoms with Crippen LogP contribution in [0.15, 0.2) is 42.5 Å². The van der Waals surface area contributed by atoms with Gasteiger partial charge in [0.15, 0.2) is 0 Å². The minimum absolute atomic E-state index is 0. The van der Waals surface area contributed by atoms with Crippen LogP contribution in [0.25, 0.3) is 22.4 Å². The number of aromatic nitrogens is 1. The fraction of sp³-hybridized carbons (Fsp3) is 0.286. The fourth-order valence-electron chi connectivity index (χ4n) is 3.41. The monoisotopic (exact) mass is 480 g/mol. The standard InChI is InChI=1S/C21H22FN2S.HI/c1-23-19-11-8-17(22)15-20(19)25-21(23)12-7-16-5-9-18(10-6-16)24-13-3-2-4-14-24;/h5-12,15H,2-4,13-14H2,1H3;1H/q+1;/p-1.